The van der Waals surface area contributed by atoms with Crippen LogP contribution in [0.25, 0.3) is 0 Å². The highest BCUT2D eigenvalue weighted by molar-refractivity contribution is 7.86. The van der Waals surface area contributed by atoms with Gasteiger partial charge in [-0.3, -0.25) is 4.55 Å². The van der Waals surface area contributed by atoms with E-state index in [1.165, 1.54) is 0 Å². The minimum absolute atomic E-state index is 0.0729. The summed E-state index contributed by atoms with van der Waals surface area (Å²) in [5.74, 6) is 0. The molecule has 0 fully saturated rings. The van der Waals surface area contributed by atoms with Crippen LogP contribution in [0.5, 0.6) is 0 Å². The molecule has 0 saturated carbocycles. The summed E-state index contributed by atoms with van der Waals surface area (Å²) in [5, 5.41) is 15.4. The Kier molecular flexibility index (Phi) is 3.95. The molecule has 0 aromatic carbocycles. The summed E-state index contributed by atoms with van der Waals surface area (Å²) in [5.41, 5.74) is 0. The van der Waals surface area contributed by atoms with Gasteiger partial charge >= 0.3 is 0 Å². The van der Waals surface area contributed by atoms with Crippen molar-refractivity contribution in [3.8, 4) is 0 Å². The molecule has 6 heteroatoms. The van der Waals surface area contributed by atoms with E-state index < -0.39 is 21.7 Å². The van der Waals surface area contributed by atoms with E-state index >= 15 is 0 Å². The molecule has 1 unspecified atom stereocenters. The summed E-state index contributed by atoms with van der Waals surface area (Å²) in [6.07, 6.45) is -1.74. The van der Waals surface area contributed by atoms with Crippen LogP contribution in [-0.4, -0.2) is 34.7 Å². The lowest BCUT2D eigenvalue weighted by Crippen LogP contribution is -2.19. The van der Waals surface area contributed by atoms with Crippen LogP contribution < -0.4 is 0 Å². The maximum atomic E-state index is 10.3. The Hall–Kier alpha value is -0.170. The number of hydrogen-bond donors (Lipinski definition) is 3. The highest BCUT2D eigenvalue weighted by Gasteiger charge is 2.17. The van der Waals surface area contributed by atoms with Crippen molar-refractivity contribution in [3.63, 3.8) is 0 Å². The van der Waals surface area contributed by atoms with Crippen LogP contribution in [0.3, 0.4) is 0 Å². The fourth-order valence-electron chi connectivity index (χ4n) is 0.484. The third-order valence-electron chi connectivity index (χ3n) is 1.17. The molecule has 0 amide bonds. The van der Waals surface area contributed by atoms with Crippen LogP contribution >= 0.6 is 0 Å². The molecule has 0 spiro atoms. The summed E-state index contributed by atoms with van der Waals surface area (Å²) in [6, 6.07) is 0. The van der Waals surface area contributed by atoms with Crippen molar-refractivity contribution in [2.75, 3.05) is 0 Å². The second-order valence-corrected chi connectivity index (χ2v) is 3.89. The molecule has 0 aromatic rings. The summed E-state index contributed by atoms with van der Waals surface area (Å²) in [6.45, 7) is 3.12. The third kappa shape index (κ3) is 5.14. The first-order valence-electron chi connectivity index (χ1n) is 2.99. The number of rotatable bonds is 4. The Labute approximate surface area is 65.4 Å². The average Bonchev–Trinajstić information content (AvgIpc) is 1.80. The summed E-state index contributed by atoms with van der Waals surface area (Å²) in [4.78, 5) is 0. The fourth-order valence-corrected chi connectivity index (χ4v) is 0.918. The highest BCUT2D eigenvalue weighted by Crippen LogP contribution is 2.06. The molecule has 0 heterocycles. The first-order chi connectivity index (χ1) is 4.84. The molecule has 0 aliphatic heterocycles. The SMILES string of the molecule is [CH2]C(CCC(O)O)S(=O)(=O)O. The van der Waals surface area contributed by atoms with Crippen LogP contribution in [0, 0.1) is 6.92 Å². The molecule has 0 rings (SSSR count). The number of aliphatic hydroxyl groups excluding tert-OH is 1. The van der Waals surface area contributed by atoms with Crippen LogP contribution in [0.2, 0.25) is 0 Å². The van der Waals surface area contributed by atoms with Crippen molar-refractivity contribution in [2.45, 2.75) is 24.4 Å². The van der Waals surface area contributed by atoms with E-state index in [1.807, 2.05) is 0 Å². The monoisotopic (exact) mass is 183 g/mol. The van der Waals surface area contributed by atoms with Crippen molar-refractivity contribution < 1.29 is 23.2 Å². The largest absolute Gasteiger partial charge is 0.368 e. The molecule has 67 valence electrons. The van der Waals surface area contributed by atoms with E-state index in [4.69, 9.17) is 14.8 Å². The summed E-state index contributed by atoms with van der Waals surface area (Å²) >= 11 is 0. The van der Waals surface area contributed by atoms with Crippen LogP contribution in [0.1, 0.15) is 12.8 Å². The standard InChI is InChI=1S/C5H11O5S/c1-4(11(8,9)10)2-3-5(6)7/h4-7H,1-3H2,(H,8,9,10). The molecule has 1 radical (unpaired) electrons. The molecule has 0 aromatic heterocycles. The van der Waals surface area contributed by atoms with Crippen molar-refractivity contribution in [1.82, 2.24) is 0 Å². The topological polar surface area (TPSA) is 94.8 Å². The van der Waals surface area contributed by atoms with Gasteiger partial charge in [0.1, 0.15) is 0 Å². The van der Waals surface area contributed by atoms with E-state index in [9.17, 15) is 8.42 Å². The molecule has 3 N–H and O–H groups in total. The molecule has 0 aliphatic rings. The predicted octanol–water partition coefficient (Wildman–Crippen LogP) is -0.832. The van der Waals surface area contributed by atoms with Crippen LogP contribution in [0.15, 0.2) is 0 Å². The van der Waals surface area contributed by atoms with Crippen molar-refractivity contribution in [3.05, 3.63) is 6.92 Å². The summed E-state index contributed by atoms with van der Waals surface area (Å²) in [7, 11) is -4.13. The van der Waals surface area contributed by atoms with Gasteiger partial charge in [0.05, 0.1) is 5.25 Å². The molecule has 5 nitrogen and oxygen atoms in total. The van der Waals surface area contributed by atoms with Gasteiger partial charge in [-0.15, -0.1) is 0 Å². The van der Waals surface area contributed by atoms with Gasteiger partial charge in [0.2, 0.25) is 0 Å². The van der Waals surface area contributed by atoms with E-state index in [0.717, 1.165) is 0 Å². The molecule has 11 heavy (non-hydrogen) atoms. The third-order valence-corrected chi connectivity index (χ3v) is 2.25. The van der Waals surface area contributed by atoms with Gasteiger partial charge in [-0.1, -0.05) is 0 Å². The zero-order valence-electron chi connectivity index (χ0n) is 5.84. The van der Waals surface area contributed by atoms with Gasteiger partial charge in [-0.05, 0) is 19.8 Å². The van der Waals surface area contributed by atoms with Gasteiger partial charge in [-0.2, -0.15) is 8.42 Å². The molecule has 0 aliphatic carbocycles. The number of aliphatic hydroxyl groups is 2. The first-order valence-corrected chi connectivity index (χ1v) is 4.50. The zero-order valence-corrected chi connectivity index (χ0v) is 6.66. The van der Waals surface area contributed by atoms with Gasteiger partial charge in [0, 0.05) is 0 Å². The van der Waals surface area contributed by atoms with Crippen molar-refractivity contribution >= 4 is 10.1 Å². The lowest BCUT2D eigenvalue weighted by Gasteiger charge is -2.07. The lowest BCUT2D eigenvalue weighted by atomic mass is 10.2. The average molecular weight is 183 g/mol. The van der Waals surface area contributed by atoms with E-state index in [0.29, 0.717) is 0 Å². The van der Waals surface area contributed by atoms with Crippen LogP contribution in [-0.2, 0) is 10.1 Å². The van der Waals surface area contributed by atoms with Crippen molar-refractivity contribution in [1.29, 1.82) is 0 Å². The van der Waals surface area contributed by atoms with Gasteiger partial charge in [-0.25, -0.2) is 0 Å². The van der Waals surface area contributed by atoms with Gasteiger partial charge in [0.25, 0.3) is 10.1 Å². The Bertz CT molecular complexity index is 195. The van der Waals surface area contributed by atoms with Gasteiger partial charge < -0.3 is 10.2 Å². The minimum atomic E-state index is -4.13. The molecule has 0 bridgehead atoms. The Morgan fingerprint density at radius 2 is 1.73 bits per heavy atom. The Morgan fingerprint density at radius 3 is 2.00 bits per heavy atom. The molecule has 0 saturated heterocycles. The molecular weight excluding hydrogens is 172 g/mol. The second kappa shape index (κ2) is 4.01. The molecular formula is C5H11O5S. The van der Waals surface area contributed by atoms with E-state index in [2.05, 4.69) is 6.92 Å². The quantitative estimate of drug-likeness (QED) is 0.390. The van der Waals surface area contributed by atoms with Crippen molar-refractivity contribution in [2.24, 2.45) is 0 Å². The highest BCUT2D eigenvalue weighted by atomic mass is 32.2. The first kappa shape index (κ1) is 10.8. The zero-order chi connectivity index (χ0) is 9.07. The van der Waals surface area contributed by atoms with Crippen LogP contribution in [0.4, 0.5) is 0 Å². The maximum Gasteiger partial charge on any atom is 0.267 e. The second-order valence-electron chi connectivity index (χ2n) is 2.19. The minimum Gasteiger partial charge on any atom is -0.368 e. The van der Waals surface area contributed by atoms with E-state index in [1.54, 1.807) is 0 Å². The normalized spacial score (nSPS) is 15.4. The number of hydrogen-bond acceptors (Lipinski definition) is 4. The Balaban J connectivity index is 3.81. The lowest BCUT2D eigenvalue weighted by molar-refractivity contribution is -0.0459. The molecule has 1 atom stereocenters. The smallest absolute Gasteiger partial charge is 0.267 e. The predicted molar refractivity (Wildman–Crippen MR) is 38.2 cm³/mol. The van der Waals surface area contributed by atoms with Gasteiger partial charge in [0.15, 0.2) is 6.29 Å². The maximum absolute atomic E-state index is 10.3. The Morgan fingerprint density at radius 1 is 1.27 bits per heavy atom. The van der Waals surface area contributed by atoms with E-state index in [-0.39, 0.29) is 12.8 Å². The fraction of sp³-hybridized carbons (Fsp3) is 0.800. The summed E-state index contributed by atoms with van der Waals surface area (Å²) < 4.78 is 28.9.